The molecule has 1 N–H and O–H groups in total. The number of allylic oxidation sites excluding steroid dienone is 2. The molecule has 0 spiro atoms. The summed E-state index contributed by atoms with van der Waals surface area (Å²) in [5.41, 5.74) is 0. The van der Waals surface area contributed by atoms with E-state index in [-0.39, 0.29) is 18.3 Å². The summed E-state index contributed by atoms with van der Waals surface area (Å²) < 4.78 is 0. The Kier molecular flexibility index (Phi) is 36.0. The summed E-state index contributed by atoms with van der Waals surface area (Å²) in [6.45, 7) is 7.00. The van der Waals surface area contributed by atoms with E-state index >= 15 is 0 Å². The third-order valence-corrected chi connectivity index (χ3v) is 8.18. The number of halogens is 1. The van der Waals surface area contributed by atoms with Crippen LogP contribution in [-0.2, 0) is 4.79 Å². The van der Waals surface area contributed by atoms with Crippen LogP contribution in [0.5, 0.6) is 0 Å². The smallest absolute Gasteiger partial charge is 0.224 e. The molecule has 0 aromatic heterocycles. The number of aliphatic hydroxyl groups excluding tert-OH is 1. The predicted octanol–water partition coefficient (Wildman–Crippen LogP) is 12.1. The summed E-state index contributed by atoms with van der Waals surface area (Å²) in [7, 11) is 0. The van der Waals surface area contributed by atoms with Crippen LogP contribution in [0.2, 0.25) is 0 Å². The Morgan fingerprint density at radius 2 is 0.875 bits per heavy atom. The van der Waals surface area contributed by atoms with E-state index in [0.717, 1.165) is 19.3 Å². The highest BCUT2D eigenvalue weighted by Gasteiger charge is 2.17. The molecule has 1 amide bonds. The van der Waals surface area contributed by atoms with E-state index in [2.05, 4.69) is 26.0 Å². The van der Waals surface area contributed by atoms with Gasteiger partial charge >= 0.3 is 0 Å². The normalized spacial score (nSPS) is 12.1. The molecule has 3 nitrogen and oxygen atoms in total. The summed E-state index contributed by atoms with van der Waals surface area (Å²) >= 11 is 0. The molecule has 0 aromatic carbocycles. The number of aliphatic hydroxyl groups is 1. The van der Waals surface area contributed by atoms with Gasteiger partial charge in [0.1, 0.15) is 6.23 Å². The summed E-state index contributed by atoms with van der Waals surface area (Å²) in [5, 5.41) is 10.1. The molecule has 0 aliphatic carbocycles. The van der Waals surface area contributed by atoms with Gasteiger partial charge in [-0.1, -0.05) is 161 Å². The van der Waals surface area contributed by atoms with Gasteiger partial charge in [0.15, 0.2) is 0 Å². The van der Waals surface area contributed by atoms with Crippen molar-refractivity contribution < 1.29 is 9.90 Å². The molecule has 0 heterocycles. The van der Waals surface area contributed by atoms with Gasteiger partial charge in [-0.3, -0.25) is 4.79 Å². The molecule has 0 saturated heterocycles. The van der Waals surface area contributed by atoms with E-state index in [1.807, 2.05) is 0 Å². The van der Waals surface area contributed by atoms with Gasteiger partial charge in [0.05, 0.1) is 0 Å². The van der Waals surface area contributed by atoms with Crippen molar-refractivity contribution in [2.75, 3.05) is 6.54 Å². The van der Waals surface area contributed by atoms with Crippen molar-refractivity contribution in [3.63, 3.8) is 0 Å². The standard InChI is InChI=1S/C36H71NO2.ClH/c1-4-6-8-10-12-14-16-18-20-21-23-25-27-29-31-33-36(39)37(35(3)38)34-32-30-28-26-24-22-19-17-15-13-11-9-7-5-2;/h18,20,35,38H,4-17,19,21-34H2,1-3H3;1H/b20-18-;. The summed E-state index contributed by atoms with van der Waals surface area (Å²) in [5.74, 6) is 0.136. The Labute approximate surface area is 258 Å². The number of hydrogen-bond donors (Lipinski definition) is 1. The molecule has 40 heavy (non-hydrogen) atoms. The zero-order chi connectivity index (χ0) is 28.7. The minimum Gasteiger partial charge on any atom is -0.374 e. The quantitative estimate of drug-likeness (QED) is 0.0499. The van der Waals surface area contributed by atoms with Crippen LogP contribution in [0.25, 0.3) is 0 Å². The topological polar surface area (TPSA) is 40.5 Å². The van der Waals surface area contributed by atoms with Crippen LogP contribution in [0.3, 0.4) is 0 Å². The van der Waals surface area contributed by atoms with Gasteiger partial charge in [-0.15, -0.1) is 12.4 Å². The minimum absolute atomic E-state index is 0. The fourth-order valence-electron chi connectivity index (χ4n) is 5.49. The Balaban J connectivity index is 0. The number of amides is 1. The van der Waals surface area contributed by atoms with Crippen LogP contribution in [0.4, 0.5) is 0 Å². The Hall–Kier alpha value is -0.540. The summed E-state index contributed by atoms with van der Waals surface area (Å²) in [4.78, 5) is 14.3. The second-order valence-electron chi connectivity index (χ2n) is 12.1. The predicted molar refractivity (Wildman–Crippen MR) is 180 cm³/mol. The van der Waals surface area contributed by atoms with Gasteiger partial charge in [0.25, 0.3) is 0 Å². The zero-order valence-corrected chi connectivity index (χ0v) is 28.3. The SMILES string of the molecule is CCCCCCCC/C=C\CCCCCCCC(=O)N(CCCCCCCCCCCCCCCC)C(C)O.Cl. The first-order valence-corrected chi connectivity index (χ1v) is 17.8. The molecule has 0 fully saturated rings. The van der Waals surface area contributed by atoms with Crippen LogP contribution in [0, 0.1) is 0 Å². The van der Waals surface area contributed by atoms with E-state index in [9.17, 15) is 9.90 Å². The van der Waals surface area contributed by atoms with Crippen molar-refractivity contribution in [1.29, 1.82) is 0 Å². The maximum absolute atomic E-state index is 12.6. The van der Waals surface area contributed by atoms with Crippen molar-refractivity contribution in [3.05, 3.63) is 12.2 Å². The second-order valence-corrected chi connectivity index (χ2v) is 12.1. The molecule has 1 atom stereocenters. The molecular weight excluding hydrogens is 514 g/mol. The number of nitrogens with zero attached hydrogens (tertiary/aromatic N) is 1. The molecule has 0 rings (SSSR count). The highest BCUT2D eigenvalue weighted by molar-refractivity contribution is 5.85. The number of rotatable bonds is 31. The highest BCUT2D eigenvalue weighted by atomic mass is 35.5. The number of carbonyl (C=O) groups excluding carboxylic acids is 1. The molecule has 0 bridgehead atoms. The van der Waals surface area contributed by atoms with Crippen molar-refractivity contribution in [2.24, 2.45) is 0 Å². The third-order valence-electron chi connectivity index (χ3n) is 8.18. The highest BCUT2D eigenvalue weighted by Crippen LogP contribution is 2.15. The van der Waals surface area contributed by atoms with E-state index < -0.39 is 6.23 Å². The van der Waals surface area contributed by atoms with Gasteiger partial charge in [0.2, 0.25) is 5.91 Å². The molecular formula is C36H72ClNO2. The third kappa shape index (κ3) is 30.4. The fourth-order valence-corrected chi connectivity index (χ4v) is 5.49. The monoisotopic (exact) mass is 586 g/mol. The van der Waals surface area contributed by atoms with E-state index in [1.165, 1.54) is 154 Å². The number of carbonyl (C=O) groups is 1. The molecule has 0 radical (unpaired) electrons. The lowest BCUT2D eigenvalue weighted by Crippen LogP contribution is -2.39. The fraction of sp³-hybridized carbons (Fsp3) is 0.917. The molecule has 0 saturated carbocycles. The van der Waals surface area contributed by atoms with E-state index in [4.69, 9.17) is 0 Å². The van der Waals surface area contributed by atoms with Crippen LogP contribution in [-0.4, -0.2) is 28.7 Å². The molecule has 0 aliphatic heterocycles. The maximum Gasteiger partial charge on any atom is 0.224 e. The van der Waals surface area contributed by atoms with Gasteiger partial charge in [0, 0.05) is 13.0 Å². The summed E-state index contributed by atoms with van der Waals surface area (Å²) in [6.07, 6.45) is 39.9. The van der Waals surface area contributed by atoms with Gasteiger partial charge in [-0.2, -0.15) is 0 Å². The van der Waals surface area contributed by atoms with E-state index in [0.29, 0.717) is 13.0 Å². The first-order chi connectivity index (χ1) is 19.1. The van der Waals surface area contributed by atoms with Crippen LogP contribution in [0.15, 0.2) is 12.2 Å². The first kappa shape index (κ1) is 41.6. The molecule has 0 aromatic rings. The Bertz CT molecular complexity index is 523. The first-order valence-electron chi connectivity index (χ1n) is 17.8. The Morgan fingerprint density at radius 3 is 1.25 bits per heavy atom. The van der Waals surface area contributed by atoms with Crippen molar-refractivity contribution in [3.8, 4) is 0 Å². The molecule has 4 heteroatoms. The molecule has 240 valence electrons. The number of hydrogen-bond acceptors (Lipinski definition) is 2. The van der Waals surface area contributed by atoms with Crippen molar-refractivity contribution in [2.45, 2.75) is 207 Å². The Morgan fingerprint density at radius 1 is 0.550 bits per heavy atom. The van der Waals surface area contributed by atoms with Gasteiger partial charge in [-0.05, 0) is 45.4 Å². The average molecular weight is 586 g/mol. The lowest BCUT2D eigenvalue weighted by Gasteiger charge is -2.25. The molecule has 0 aliphatic rings. The molecule has 1 unspecified atom stereocenters. The average Bonchev–Trinajstić information content (AvgIpc) is 2.92. The lowest BCUT2D eigenvalue weighted by atomic mass is 10.0. The second kappa shape index (κ2) is 34.7. The van der Waals surface area contributed by atoms with E-state index in [1.54, 1.807) is 11.8 Å². The van der Waals surface area contributed by atoms with Gasteiger partial charge in [-0.25, -0.2) is 0 Å². The number of unbranched alkanes of at least 4 members (excludes halogenated alkanes) is 24. The van der Waals surface area contributed by atoms with Crippen molar-refractivity contribution in [1.82, 2.24) is 4.90 Å². The van der Waals surface area contributed by atoms with Crippen LogP contribution < -0.4 is 0 Å². The largest absolute Gasteiger partial charge is 0.374 e. The van der Waals surface area contributed by atoms with Crippen LogP contribution in [0.1, 0.15) is 201 Å². The minimum atomic E-state index is -0.664. The van der Waals surface area contributed by atoms with Crippen LogP contribution >= 0.6 is 12.4 Å². The maximum atomic E-state index is 12.6. The van der Waals surface area contributed by atoms with Gasteiger partial charge < -0.3 is 10.0 Å². The zero-order valence-electron chi connectivity index (χ0n) is 27.4. The summed E-state index contributed by atoms with van der Waals surface area (Å²) in [6, 6.07) is 0. The lowest BCUT2D eigenvalue weighted by molar-refractivity contribution is -0.140. The van der Waals surface area contributed by atoms with Crippen molar-refractivity contribution >= 4 is 18.3 Å².